The van der Waals surface area contributed by atoms with Gasteiger partial charge in [-0.3, -0.25) is 0 Å². The van der Waals surface area contributed by atoms with Gasteiger partial charge in [0, 0.05) is 41.6 Å². The molecule has 0 amide bonds. The van der Waals surface area contributed by atoms with Crippen LogP contribution in [0.25, 0.3) is 32.9 Å². The molecule has 2 aromatic heterocycles. The molecule has 0 saturated carbocycles. The second kappa shape index (κ2) is 5.49. The van der Waals surface area contributed by atoms with E-state index in [2.05, 4.69) is 15.6 Å². The molecule has 3 N–H and O–H groups in total. The fourth-order valence-corrected chi connectivity index (χ4v) is 3.76. The zero-order valence-electron chi connectivity index (χ0n) is 13.1. The molecule has 4 aromatic rings. The summed E-state index contributed by atoms with van der Waals surface area (Å²) >= 11 is 0. The smallest absolute Gasteiger partial charge is 0.192 e. The number of para-hydroxylation sites is 1. The second-order valence-corrected chi connectivity index (χ2v) is 7.60. The highest BCUT2D eigenvalue weighted by Crippen LogP contribution is 2.35. The van der Waals surface area contributed by atoms with Crippen LogP contribution in [0.5, 0.6) is 0 Å². The van der Waals surface area contributed by atoms with Crippen molar-refractivity contribution >= 4 is 43.8 Å². The Labute approximate surface area is 139 Å². The summed E-state index contributed by atoms with van der Waals surface area (Å²) in [6.07, 6.45) is 0.458. The summed E-state index contributed by atoms with van der Waals surface area (Å²) in [5.41, 5.74) is 3.63. The molecule has 0 saturated heterocycles. The summed E-state index contributed by atoms with van der Waals surface area (Å²) < 4.78 is 35.3. The molecular formula is C17H18N2O4S. The minimum absolute atomic E-state index is 0.0370. The van der Waals surface area contributed by atoms with Crippen molar-refractivity contribution in [3.05, 3.63) is 42.3 Å². The van der Waals surface area contributed by atoms with E-state index in [0.29, 0.717) is 18.9 Å². The number of aryl methyl sites for hydroxylation is 2. The molecule has 7 heteroatoms. The van der Waals surface area contributed by atoms with Crippen molar-refractivity contribution in [3.8, 4) is 0 Å². The molecule has 126 valence electrons. The fraction of sp³-hybridized carbons (Fsp3) is 0.235. The van der Waals surface area contributed by atoms with Crippen molar-refractivity contribution in [1.29, 1.82) is 0 Å². The Hall–Kier alpha value is -2.06. The summed E-state index contributed by atoms with van der Waals surface area (Å²) in [6, 6.07) is 12.1. The maximum Gasteiger partial charge on any atom is 0.192 e. The van der Waals surface area contributed by atoms with E-state index in [4.69, 9.17) is 4.42 Å². The standard InChI is InChI=1S/C17H18N2O4S/c1-11-18-14-9-13-12-5-2-3-6-15(12)19(7-4-8-24(20,21)22)16(13)10-17(14)23-11/h2-3,5-6,9-10,20-22H,4,7-8H2,1H3. The van der Waals surface area contributed by atoms with E-state index >= 15 is 0 Å². The van der Waals surface area contributed by atoms with E-state index in [9.17, 15) is 13.7 Å². The predicted octanol–water partition coefficient (Wildman–Crippen LogP) is 4.86. The number of nitrogens with zero attached hydrogens (tertiary/aromatic N) is 2. The average Bonchev–Trinajstić information content (AvgIpc) is 3.01. The molecule has 0 atom stereocenters. The zero-order valence-corrected chi connectivity index (χ0v) is 14.0. The molecule has 0 aliphatic rings. The average molecular weight is 346 g/mol. The molecule has 2 aromatic carbocycles. The van der Waals surface area contributed by atoms with E-state index in [-0.39, 0.29) is 5.75 Å². The van der Waals surface area contributed by atoms with Crippen LogP contribution in [0.1, 0.15) is 12.3 Å². The molecule has 24 heavy (non-hydrogen) atoms. The highest BCUT2D eigenvalue weighted by atomic mass is 32.3. The van der Waals surface area contributed by atoms with E-state index in [0.717, 1.165) is 32.9 Å². The van der Waals surface area contributed by atoms with Crippen LogP contribution in [0.3, 0.4) is 0 Å². The highest BCUT2D eigenvalue weighted by molar-refractivity contribution is 8.19. The molecule has 0 bridgehead atoms. The Balaban J connectivity index is 1.89. The van der Waals surface area contributed by atoms with Gasteiger partial charge >= 0.3 is 0 Å². The van der Waals surface area contributed by atoms with Crippen LogP contribution in [-0.2, 0) is 6.54 Å². The monoisotopic (exact) mass is 346 g/mol. The maximum atomic E-state index is 9.18. The summed E-state index contributed by atoms with van der Waals surface area (Å²) in [4.78, 5) is 4.40. The summed E-state index contributed by atoms with van der Waals surface area (Å²) in [7, 11) is -3.46. The molecule has 0 aliphatic carbocycles. The molecule has 0 aliphatic heterocycles. The van der Waals surface area contributed by atoms with Crippen LogP contribution in [-0.4, -0.2) is 29.0 Å². The van der Waals surface area contributed by atoms with E-state index in [1.807, 2.05) is 37.3 Å². The van der Waals surface area contributed by atoms with Gasteiger partial charge in [0.1, 0.15) is 5.52 Å². The molecule has 0 radical (unpaired) electrons. The third-order valence-electron chi connectivity index (χ3n) is 4.19. The van der Waals surface area contributed by atoms with Crippen molar-refractivity contribution in [2.75, 3.05) is 5.75 Å². The Morgan fingerprint density at radius 3 is 2.67 bits per heavy atom. The van der Waals surface area contributed by atoms with Gasteiger partial charge in [-0.2, -0.15) is 0 Å². The Kier molecular flexibility index (Phi) is 3.54. The lowest BCUT2D eigenvalue weighted by molar-refractivity contribution is 0.373. The van der Waals surface area contributed by atoms with Gasteiger partial charge in [0.2, 0.25) is 0 Å². The molecule has 4 rings (SSSR count). The van der Waals surface area contributed by atoms with E-state index in [1.165, 1.54) is 0 Å². The van der Waals surface area contributed by atoms with Gasteiger partial charge in [0.25, 0.3) is 0 Å². The number of hydrogen-bond donors (Lipinski definition) is 3. The van der Waals surface area contributed by atoms with Gasteiger partial charge in [-0.15, -0.1) is 0 Å². The SMILES string of the molecule is Cc1nc2cc3c4ccccc4n(CCCS(O)(O)O)c3cc2o1. The molecular weight excluding hydrogens is 328 g/mol. The Morgan fingerprint density at radius 1 is 1.08 bits per heavy atom. The minimum Gasteiger partial charge on any atom is -0.441 e. The van der Waals surface area contributed by atoms with Crippen molar-refractivity contribution in [2.45, 2.75) is 19.9 Å². The first-order valence-corrected chi connectivity index (χ1v) is 9.36. The number of benzene rings is 2. The molecule has 0 fully saturated rings. The third-order valence-corrected chi connectivity index (χ3v) is 5.02. The number of fused-ring (bicyclic) bond motifs is 4. The van der Waals surface area contributed by atoms with Crippen LogP contribution in [0.2, 0.25) is 0 Å². The van der Waals surface area contributed by atoms with Gasteiger partial charge in [0.05, 0.1) is 16.4 Å². The first-order valence-electron chi connectivity index (χ1n) is 7.69. The van der Waals surface area contributed by atoms with Crippen molar-refractivity contribution in [1.82, 2.24) is 9.55 Å². The molecule has 0 unspecified atom stereocenters. The number of hydrogen-bond acceptors (Lipinski definition) is 5. The van der Waals surface area contributed by atoms with Crippen molar-refractivity contribution < 1.29 is 18.1 Å². The first-order chi connectivity index (χ1) is 11.4. The summed E-state index contributed by atoms with van der Waals surface area (Å²) in [5.74, 6) is 0.590. The van der Waals surface area contributed by atoms with Crippen LogP contribution in [0, 0.1) is 6.92 Å². The topological polar surface area (TPSA) is 91.7 Å². The fourth-order valence-electron chi connectivity index (χ4n) is 3.24. The highest BCUT2D eigenvalue weighted by Gasteiger charge is 2.15. The molecule has 2 heterocycles. The largest absolute Gasteiger partial charge is 0.441 e. The lowest BCUT2D eigenvalue weighted by Gasteiger charge is -2.19. The second-order valence-electron chi connectivity index (χ2n) is 5.93. The van der Waals surface area contributed by atoms with Crippen LogP contribution < -0.4 is 0 Å². The van der Waals surface area contributed by atoms with Gasteiger partial charge in [-0.1, -0.05) is 18.2 Å². The lowest BCUT2D eigenvalue weighted by atomic mass is 10.1. The number of rotatable bonds is 4. The van der Waals surface area contributed by atoms with Gasteiger partial charge in [0.15, 0.2) is 11.5 Å². The Bertz CT molecular complexity index is 1050. The zero-order chi connectivity index (χ0) is 16.9. The summed E-state index contributed by atoms with van der Waals surface area (Å²) in [6.45, 7) is 2.39. The van der Waals surface area contributed by atoms with E-state index < -0.39 is 10.9 Å². The Morgan fingerprint density at radius 2 is 1.88 bits per heavy atom. The van der Waals surface area contributed by atoms with E-state index in [1.54, 1.807) is 0 Å². The third kappa shape index (κ3) is 2.65. The normalized spacial score (nSPS) is 13.3. The number of aromatic nitrogens is 2. The van der Waals surface area contributed by atoms with Crippen LogP contribution in [0.15, 0.2) is 40.8 Å². The molecule has 0 spiro atoms. The maximum absolute atomic E-state index is 9.18. The van der Waals surface area contributed by atoms with Crippen LogP contribution in [0.4, 0.5) is 0 Å². The lowest BCUT2D eigenvalue weighted by Crippen LogP contribution is -2.05. The van der Waals surface area contributed by atoms with Crippen molar-refractivity contribution in [2.24, 2.45) is 0 Å². The summed E-state index contributed by atoms with van der Waals surface area (Å²) in [5, 5.41) is 2.20. The number of oxazole rings is 1. The van der Waals surface area contributed by atoms with Gasteiger partial charge in [-0.05, 0) is 18.6 Å². The van der Waals surface area contributed by atoms with Crippen LogP contribution >= 0.6 is 10.9 Å². The predicted molar refractivity (Wildman–Crippen MR) is 96.7 cm³/mol. The minimum atomic E-state index is -3.46. The first kappa shape index (κ1) is 15.5. The van der Waals surface area contributed by atoms with Crippen molar-refractivity contribution in [3.63, 3.8) is 0 Å². The van der Waals surface area contributed by atoms with Gasteiger partial charge in [-0.25, -0.2) is 4.98 Å². The quantitative estimate of drug-likeness (QED) is 0.491. The van der Waals surface area contributed by atoms with Gasteiger partial charge < -0.3 is 22.6 Å². The molecule has 6 nitrogen and oxygen atoms in total.